The SMILES string of the molecule is CNS(=O)(=O)c1cccc([C@@H](C)N2C(=O)[C@H]3CCCCN3C2=O)c1. The smallest absolute Gasteiger partial charge is 0.312 e. The summed E-state index contributed by atoms with van der Waals surface area (Å²) in [5.41, 5.74) is 0.618. The second-order valence-corrected chi connectivity index (χ2v) is 8.04. The van der Waals surface area contributed by atoms with Gasteiger partial charge < -0.3 is 4.90 Å². The van der Waals surface area contributed by atoms with Crippen LogP contribution in [0.1, 0.15) is 37.8 Å². The van der Waals surface area contributed by atoms with Gasteiger partial charge in [-0.25, -0.2) is 17.9 Å². The zero-order valence-corrected chi connectivity index (χ0v) is 14.5. The molecule has 2 aliphatic rings. The van der Waals surface area contributed by atoms with Crippen molar-refractivity contribution in [1.82, 2.24) is 14.5 Å². The van der Waals surface area contributed by atoms with Gasteiger partial charge >= 0.3 is 6.03 Å². The Kier molecular flexibility index (Phi) is 4.35. The lowest BCUT2D eigenvalue weighted by Crippen LogP contribution is -2.39. The summed E-state index contributed by atoms with van der Waals surface area (Å²) < 4.78 is 26.2. The summed E-state index contributed by atoms with van der Waals surface area (Å²) in [6.45, 7) is 2.35. The Morgan fingerprint density at radius 3 is 2.67 bits per heavy atom. The normalized spacial score (nSPS) is 22.7. The average molecular weight is 351 g/mol. The Labute approximate surface area is 141 Å². The first kappa shape index (κ1) is 16.9. The maximum atomic E-state index is 12.6. The van der Waals surface area contributed by atoms with Gasteiger partial charge in [0.25, 0.3) is 5.91 Å². The van der Waals surface area contributed by atoms with Crippen molar-refractivity contribution in [2.75, 3.05) is 13.6 Å². The maximum Gasteiger partial charge on any atom is 0.328 e. The summed E-state index contributed by atoms with van der Waals surface area (Å²) >= 11 is 0. The Morgan fingerprint density at radius 1 is 1.25 bits per heavy atom. The van der Waals surface area contributed by atoms with Crippen molar-refractivity contribution < 1.29 is 18.0 Å². The van der Waals surface area contributed by atoms with Crippen molar-refractivity contribution in [2.24, 2.45) is 0 Å². The molecule has 1 N–H and O–H groups in total. The summed E-state index contributed by atoms with van der Waals surface area (Å²) in [6.07, 6.45) is 2.55. The fourth-order valence-corrected chi connectivity index (χ4v) is 4.16. The first-order valence-electron chi connectivity index (χ1n) is 8.04. The molecule has 0 aliphatic carbocycles. The lowest BCUT2D eigenvalue weighted by molar-refractivity contribution is -0.130. The number of hydrogen-bond donors (Lipinski definition) is 1. The van der Waals surface area contributed by atoms with E-state index in [9.17, 15) is 18.0 Å². The van der Waals surface area contributed by atoms with Gasteiger partial charge in [-0.05, 0) is 50.9 Å². The van der Waals surface area contributed by atoms with Gasteiger partial charge in [-0.2, -0.15) is 0 Å². The van der Waals surface area contributed by atoms with E-state index in [0.29, 0.717) is 18.5 Å². The van der Waals surface area contributed by atoms with Gasteiger partial charge in [-0.1, -0.05) is 12.1 Å². The van der Waals surface area contributed by atoms with E-state index in [0.717, 1.165) is 12.8 Å². The minimum absolute atomic E-state index is 0.117. The second kappa shape index (κ2) is 6.18. The van der Waals surface area contributed by atoms with Crippen LogP contribution in [0.25, 0.3) is 0 Å². The van der Waals surface area contributed by atoms with E-state index in [-0.39, 0.29) is 22.9 Å². The largest absolute Gasteiger partial charge is 0.328 e. The second-order valence-electron chi connectivity index (χ2n) is 6.15. The molecule has 3 amide bonds. The molecule has 2 heterocycles. The summed E-state index contributed by atoms with van der Waals surface area (Å²) in [5, 5.41) is 0. The van der Waals surface area contributed by atoms with Crippen LogP contribution in [0.3, 0.4) is 0 Å². The predicted octanol–water partition coefficient (Wildman–Crippen LogP) is 1.47. The van der Waals surface area contributed by atoms with Crippen molar-refractivity contribution >= 4 is 22.0 Å². The number of nitrogens with zero attached hydrogens (tertiary/aromatic N) is 2. The van der Waals surface area contributed by atoms with Crippen LogP contribution in [0.4, 0.5) is 4.79 Å². The topological polar surface area (TPSA) is 86.8 Å². The standard InChI is InChI=1S/C16H21N3O4S/c1-11(12-6-5-7-13(10-12)24(22,23)17-2)19-15(20)14-8-3-4-9-18(14)16(19)21/h5-7,10-11,14,17H,3-4,8-9H2,1-2H3/t11-,14-/m1/s1. The number of sulfonamides is 1. The minimum Gasteiger partial charge on any atom is -0.312 e. The molecule has 0 unspecified atom stereocenters. The molecule has 2 aliphatic heterocycles. The molecule has 8 heteroatoms. The number of urea groups is 1. The van der Waals surface area contributed by atoms with Gasteiger partial charge in [-0.15, -0.1) is 0 Å². The minimum atomic E-state index is -3.57. The fraction of sp³-hybridized carbons (Fsp3) is 0.500. The molecule has 0 aromatic heterocycles. The third kappa shape index (κ3) is 2.69. The van der Waals surface area contributed by atoms with Crippen LogP contribution in [0.5, 0.6) is 0 Å². The maximum absolute atomic E-state index is 12.6. The Balaban J connectivity index is 1.92. The molecule has 24 heavy (non-hydrogen) atoms. The lowest BCUT2D eigenvalue weighted by Gasteiger charge is -2.26. The van der Waals surface area contributed by atoms with Gasteiger partial charge in [0.05, 0.1) is 10.9 Å². The molecule has 2 saturated heterocycles. The molecular formula is C16H21N3O4S. The van der Waals surface area contributed by atoms with Crippen molar-refractivity contribution in [3.05, 3.63) is 29.8 Å². The predicted molar refractivity (Wildman–Crippen MR) is 87.7 cm³/mol. The first-order valence-corrected chi connectivity index (χ1v) is 9.52. The number of carbonyl (C=O) groups excluding carboxylic acids is 2. The van der Waals surface area contributed by atoms with Crippen LogP contribution in [-0.4, -0.2) is 49.8 Å². The van der Waals surface area contributed by atoms with Gasteiger partial charge in [-0.3, -0.25) is 9.69 Å². The number of fused-ring (bicyclic) bond motifs is 1. The van der Waals surface area contributed by atoms with Crippen LogP contribution in [0.15, 0.2) is 29.2 Å². The number of nitrogens with one attached hydrogen (secondary N) is 1. The summed E-state index contributed by atoms with van der Waals surface area (Å²) in [7, 11) is -2.23. The Morgan fingerprint density at radius 2 is 2.00 bits per heavy atom. The molecule has 0 bridgehead atoms. The molecule has 130 valence electrons. The van der Waals surface area contributed by atoms with Crippen molar-refractivity contribution in [2.45, 2.75) is 43.2 Å². The molecule has 7 nitrogen and oxygen atoms in total. The number of rotatable bonds is 4. The summed E-state index contributed by atoms with van der Waals surface area (Å²) in [6, 6.07) is 5.19. The third-order valence-electron chi connectivity index (χ3n) is 4.78. The van der Waals surface area contributed by atoms with Crippen LogP contribution < -0.4 is 4.72 Å². The molecule has 0 saturated carbocycles. The first-order chi connectivity index (χ1) is 11.4. The highest BCUT2D eigenvalue weighted by molar-refractivity contribution is 7.89. The zero-order valence-electron chi connectivity index (χ0n) is 13.7. The highest BCUT2D eigenvalue weighted by atomic mass is 32.2. The van der Waals surface area contributed by atoms with E-state index in [4.69, 9.17) is 0 Å². The van der Waals surface area contributed by atoms with Gasteiger partial charge in [0, 0.05) is 6.54 Å². The molecule has 0 radical (unpaired) electrons. The zero-order chi connectivity index (χ0) is 17.5. The summed E-state index contributed by atoms with van der Waals surface area (Å²) in [4.78, 5) is 28.3. The van der Waals surface area contributed by atoms with E-state index < -0.39 is 16.1 Å². The number of carbonyl (C=O) groups is 2. The number of benzene rings is 1. The Bertz CT molecular complexity index is 753. The molecule has 2 fully saturated rings. The highest BCUT2D eigenvalue weighted by Crippen LogP contribution is 2.33. The highest BCUT2D eigenvalue weighted by Gasteiger charge is 2.47. The molecule has 0 spiro atoms. The van der Waals surface area contributed by atoms with Crippen molar-refractivity contribution in [3.8, 4) is 0 Å². The quantitative estimate of drug-likeness (QED) is 0.832. The van der Waals surface area contributed by atoms with Crippen LogP contribution in [0.2, 0.25) is 0 Å². The lowest BCUT2D eigenvalue weighted by atomic mass is 10.0. The Hall–Kier alpha value is -1.93. The number of imide groups is 1. The van der Waals surface area contributed by atoms with Crippen molar-refractivity contribution in [3.63, 3.8) is 0 Å². The molecule has 3 rings (SSSR count). The molecule has 1 aromatic rings. The van der Waals surface area contributed by atoms with Crippen LogP contribution >= 0.6 is 0 Å². The van der Waals surface area contributed by atoms with Crippen LogP contribution in [-0.2, 0) is 14.8 Å². The van der Waals surface area contributed by atoms with E-state index in [2.05, 4.69) is 4.72 Å². The average Bonchev–Trinajstić information content (AvgIpc) is 2.86. The number of piperidine rings is 1. The van der Waals surface area contributed by atoms with Crippen molar-refractivity contribution in [1.29, 1.82) is 0 Å². The van der Waals surface area contributed by atoms with E-state index in [1.807, 2.05) is 0 Å². The fourth-order valence-electron chi connectivity index (χ4n) is 3.38. The molecule has 1 aromatic carbocycles. The van der Waals surface area contributed by atoms with Crippen LogP contribution in [0, 0.1) is 0 Å². The van der Waals surface area contributed by atoms with Gasteiger partial charge in [0.1, 0.15) is 6.04 Å². The monoisotopic (exact) mass is 351 g/mol. The number of hydrogen-bond acceptors (Lipinski definition) is 4. The van der Waals surface area contributed by atoms with E-state index >= 15 is 0 Å². The van der Waals surface area contributed by atoms with Gasteiger partial charge in [0.2, 0.25) is 10.0 Å². The van der Waals surface area contributed by atoms with E-state index in [1.54, 1.807) is 24.0 Å². The summed E-state index contributed by atoms with van der Waals surface area (Å²) in [5.74, 6) is -0.186. The van der Waals surface area contributed by atoms with E-state index in [1.165, 1.54) is 24.1 Å². The number of amides is 3. The van der Waals surface area contributed by atoms with Gasteiger partial charge in [0.15, 0.2) is 0 Å². The third-order valence-corrected chi connectivity index (χ3v) is 6.20. The molecular weight excluding hydrogens is 330 g/mol. The molecule has 2 atom stereocenters.